The highest BCUT2D eigenvalue weighted by Crippen LogP contribution is 2.53. The first-order chi connectivity index (χ1) is 15.7. The number of amides is 1. The molecule has 4 heterocycles. The van der Waals surface area contributed by atoms with Crippen molar-refractivity contribution in [1.29, 1.82) is 0 Å². The molecule has 0 aliphatic carbocycles. The fourth-order valence-electron chi connectivity index (χ4n) is 5.64. The Kier molecular flexibility index (Phi) is 4.78. The number of fused-ring (bicyclic) bond motifs is 1. The second-order valence-electron chi connectivity index (χ2n) is 9.77. The van der Waals surface area contributed by atoms with Gasteiger partial charge in [0.05, 0.1) is 22.9 Å². The number of hydrogen-bond donors (Lipinski definition) is 2. The Morgan fingerprint density at radius 2 is 2.00 bits per heavy atom. The monoisotopic (exact) mass is 445 g/mol. The number of rotatable bonds is 3. The lowest BCUT2D eigenvalue weighted by Crippen LogP contribution is -2.58. The fraction of sp³-hybridized carbons (Fsp3) is 0.385. The third-order valence-corrected chi connectivity index (χ3v) is 6.97. The Labute approximate surface area is 193 Å². The maximum Gasteiger partial charge on any atom is 0.250 e. The summed E-state index contributed by atoms with van der Waals surface area (Å²) in [6.45, 7) is 9.91. The van der Waals surface area contributed by atoms with Gasteiger partial charge in [-0.1, -0.05) is 25.1 Å². The van der Waals surface area contributed by atoms with Gasteiger partial charge in [0, 0.05) is 34.5 Å². The number of aryl methyl sites for hydroxylation is 1. The van der Waals surface area contributed by atoms with E-state index in [4.69, 9.17) is 0 Å². The van der Waals surface area contributed by atoms with Crippen molar-refractivity contribution in [3.8, 4) is 11.1 Å². The molecule has 1 unspecified atom stereocenters. The van der Waals surface area contributed by atoms with E-state index in [0.29, 0.717) is 24.0 Å². The standard InChI is InChI=1S/C26H28FN5O/c1-6-26(17-9-7-8-16(11-17)18-10-14(2)28-13-19(18)27)21-15(3)31-32-23(21)29-20-12-25(4,5)30-24(33)22(20)26/h7-11,13,23,29H,6,12H2,1-5H3,(H,30,33)/t23?,26-/m1/s1. The average Bonchev–Trinajstić information content (AvgIpc) is 3.14. The number of nitrogens with one attached hydrogen (secondary N) is 2. The van der Waals surface area contributed by atoms with Crippen LogP contribution in [0.2, 0.25) is 0 Å². The molecule has 0 saturated carbocycles. The molecule has 170 valence electrons. The molecule has 7 heteroatoms. The van der Waals surface area contributed by atoms with Gasteiger partial charge in [0.2, 0.25) is 0 Å². The maximum atomic E-state index is 14.7. The first-order valence-corrected chi connectivity index (χ1v) is 11.3. The molecule has 3 aliphatic rings. The maximum absolute atomic E-state index is 14.7. The largest absolute Gasteiger partial charge is 0.362 e. The van der Waals surface area contributed by atoms with Crippen LogP contribution in [0, 0.1) is 12.7 Å². The van der Waals surface area contributed by atoms with Crippen LogP contribution in [0.3, 0.4) is 0 Å². The number of azo groups is 1. The van der Waals surface area contributed by atoms with E-state index in [1.165, 1.54) is 6.20 Å². The number of aromatic nitrogens is 1. The predicted octanol–water partition coefficient (Wildman–Crippen LogP) is 5.07. The normalized spacial score (nSPS) is 25.5. The molecule has 1 aromatic carbocycles. The molecule has 2 aromatic rings. The quantitative estimate of drug-likeness (QED) is 0.693. The molecule has 2 atom stereocenters. The summed E-state index contributed by atoms with van der Waals surface area (Å²) in [5.41, 5.74) is 5.27. The van der Waals surface area contributed by atoms with Crippen LogP contribution in [0.4, 0.5) is 4.39 Å². The van der Waals surface area contributed by atoms with Gasteiger partial charge in [-0.2, -0.15) is 10.2 Å². The number of halogens is 1. The number of hydrogen-bond acceptors (Lipinski definition) is 5. The smallest absolute Gasteiger partial charge is 0.250 e. The highest BCUT2D eigenvalue weighted by Gasteiger charge is 2.54. The van der Waals surface area contributed by atoms with Crippen molar-refractivity contribution in [3.63, 3.8) is 0 Å². The summed E-state index contributed by atoms with van der Waals surface area (Å²) >= 11 is 0. The molecule has 33 heavy (non-hydrogen) atoms. The minimum Gasteiger partial charge on any atom is -0.362 e. The van der Waals surface area contributed by atoms with Crippen molar-refractivity contribution >= 4 is 5.91 Å². The molecule has 1 aromatic heterocycles. The van der Waals surface area contributed by atoms with Crippen LogP contribution >= 0.6 is 0 Å². The molecular weight excluding hydrogens is 417 g/mol. The lowest BCUT2D eigenvalue weighted by Gasteiger charge is -2.48. The van der Waals surface area contributed by atoms with Crippen molar-refractivity contribution in [2.24, 2.45) is 10.2 Å². The van der Waals surface area contributed by atoms with Crippen LogP contribution in [0.1, 0.15) is 51.8 Å². The number of benzene rings is 1. The van der Waals surface area contributed by atoms with Gasteiger partial charge >= 0.3 is 0 Å². The lowest BCUT2D eigenvalue weighted by atomic mass is 9.61. The van der Waals surface area contributed by atoms with Gasteiger partial charge in [-0.25, -0.2) is 4.39 Å². The fourth-order valence-corrected chi connectivity index (χ4v) is 5.64. The van der Waals surface area contributed by atoms with Gasteiger partial charge in [-0.3, -0.25) is 9.78 Å². The van der Waals surface area contributed by atoms with Crippen LogP contribution < -0.4 is 10.6 Å². The summed E-state index contributed by atoms with van der Waals surface area (Å²) in [6, 6.07) is 9.60. The van der Waals surface area contributed by atoms with Gasteiger partial charge in [0.1, 0.15) is 5.82 Å². The molecule has 0 radical (unpaired) electrons. The zero-order valence-corrected chi connectivity index (χ0v) is 19.6. The molecular formula is C26H28FN5O. The molecule has 2 N–H and O–H groups in total. The summed E-state index contributed by atoms with van der Waals surface area (Å²) in [7, 11) is 0. The first-order valence-electron chi connectivity index (χ1n) is 11.3. The number of carbonyl (C=O) groups excluding carboxylic acids is 1. The van der Waals surface area contributed by atoms with Gasteiger partial charge in [-0.15, -0.1) is 0 Å². The Hall–Kier alpha value is -3.35. The average molecular weight is 446 g/mol. The highest BCUT2D eigenvalue weighted by atomic mass is 19.1. The van der Waals surface area contributed by atoms with Gasteiger partial charge in [-0.05, 0) is 57.4 Å². The summed E-state index contributed by atoms with van der Waals surface area (Å²) in [5.74, 6) is -0.456. The van der Waals surface area contributed by atoms with Gasteiger partial charge in [0.25, 0.3) is 5.91 Å². The number of nitrogens with zero attached hydrogens (tertiary/aromatic N) is 3. The van der Waals surface area contributed by atoms with E-state index < -0.39 is 5.41 Å². The van der Waals surface area contributed by atoms with E-state index in [-0.39, 0.29) is 23.4 Å². The third kappa shape index (κ3) is 3.21. The minimum atomic E-state index is -0.714. The van der Waals surface area contributed by atoms with Crippen LogP contribution in [0.15, 0.2) is 69.3 Å². The number of pyridine rings is 1. The van der Waals surface area contributed by atoms with E-state index in [0.717, 1.165) is 33.8 Å². The molecule has 0 bridgehead atoms. The van der Waals surface area contributed by atoms with Crippen LogP contribution in [0.5, 0.6) is 0 Å². The van der Waals surface area contributed by atoms with E-state index in [2.05, 4.69) is 32.8 Å². The molecule has 0 fully saturated rings. The minimum absolute atomic E-state index is 0.0856. The Balaban J connectivity index is 1.78. The van der Waals surface area contributed by atoms with E-state index in [1.807, 2.05) is 52.0 Å². The molecule has 5 rings (SSSR count). The summed E-state index contributed by atoms with van der Waals surface area (Å²) < 4.78 is 14.7. The molecule has 1 amide bonds. The van der Waals surface area contributed by atoms with Crippen molar-refractivity contribution in [3.05, 3.63) is 76.1 Å². The number of carbonyl (C=O) groups is 1. The Morgan fingerprint density at radius 3 is 2.76 bits per heavy atom. The van der Waals surface area contributed by atoms with Crippen LogP contribution in [-0.2, 0) is 10.2 Å². The van der Waals surface area contributed by atoms with Gasteiger partial charge < -0.3 is 10.6 Å². The van der Waals surface area contributed by atoms with E-state index >= 15 is 0 Å². The zero-order valence-electron chi connectivity index (χ0n) is 19.6. The lowest BCUT2D eigenvalue weighted by molar-refractivity contribution is -0.120. The second-order valence-corrected chi connectivity index (χ2v) is 9.77. The first kappa shape index (κ1) is 21.5. The highest BCUT2D eigenvalue weighted by molar-refractivity contribution is 6.00. The topological polar surface area (TPSA) is 78.7 Å². The second kappa shape index (κ2) is 7.33. The Morgan fingerprint density at radius 1 is 1.21 bits per heavy atom. The van der Waals surface area contributed by atoms with Crippen LogP contribution in [0.25, 0.3) is 11.1 Å². The van der Waals surface area contributed by atoms with E-state index in [1.54, 1.807) is 6.07 Å². The van der Waals surface area contributed by atoms with Crippen molar-refractivity contribution in [2.75, 3.05) is 0 Å². The summed E-state index contributed by atoms with van der Waals surface area (Å²) in [6.07, 6.45) is 2.27. The molecule has 3 aliphatic heterocycles. The number of allylic oxidation sites excluding steroid dienone is 1. The van der Waals surface area contributed by atoms with Crippen molar-refractivity contribution in [1.82, 2.24) is 15.6 Å². The Bertz CT molecular complexity index is 1280. The van der Waals surface area contributed by atoms with Crippen molar-refractivity contribution < 1.29 is 9.18 Å². The van der Waals surface area contributed by atoms with Gasteiger partial charge in [0.15, 0.2) is 6.17 Å². The van der Waals surface area contributed by atoms with Crippen molar-refractivity contribution in [2.45, 2.75) is 64.6 Å². The molecule has 6 nitrogen and oxygen atoms in total. The SMILES string of the molecule is CC[C@]1(c2cccc(-c3cc(C)ncc3F)c2)C2=C(CC(C)(C)NC2=O)NC2N=NC(C)=C21. The van der Waals surface area contributed by atoms with Crippen LogP contribution in [-0.4, -0.2) is 22.6 Å². The molecule has 0 saturated heterocycles. The molecule has 0 spiro atoms. The third-order valence-electron chi connectivity index (χ3n) is 6.97. The van der Waals surface area contributed by atoms with E-state index in [9.17, 15) is 9.18 Å². The zero-order chi connectivity index (χ0) is 23.5. The summed E-state index contributed by atoms with van der Waals surface area (Å²) in [5, 5.41) is 15.5. The predicted molar refractivity (Wildman–Crippen MR) is 125 cm³/mol. The summed E-state index contributed by atoms with van der Waals surface area (Å²) in [4.78, 5) is 17.6.